The zero-order chi connectivity index (χ0) is 11.2. The molecule has 0 aromatic carbocycles. The molecule has 0 aromatic heterocycles. The van der Waals surface area contributed by atoms with Crippen LogP contribution in [0.25, 0.3) is 0 Å². The van der Waals surface area contributed by atoms with Gasteiger partial charge in [-0.05, 0) is 20.8 Å². The summed E-state index contributed by atoms with van der Waals surface area (Å²) in [7, 11) is 0. The smallest absolute Gasteiger partial charge is 0.408 e. The van der Waals surface area contributed by atoms with Crippen LogP contribution in [0.4, 0.5) is 4.79 Å². The molecule has 1 N–H and O–H groups in total. The Hall–Kier alpha value is -1.17. The van der Waals surface area contributed by atoms with Gasteiger partial charge in [0.15, 0.2) is 0 Å². The second-order valence-corrected chi connectivity index (χ2v) is 4.33. The third-order valence-electron chi connectivity index (χ3n) is 1.11. The maximum Gasteiger partial charge on any atom is 0.408 e. The molecule has 3 heteroatoms. The lowest BCUT2D eigenvalue weighted by Gasteiger charge is -2.19. The molecular weight excluding hydrogens is 178 g/mol. The Kier molecular flexibility index (Phi) is 5.07. The fourth-order valence-corrected chi connectivity index (χ4v) is 0.686. The van der Waals surface area contributed by atoms with E-state index in [1.165, 1.54) is 0 Å². The Labute approximate surface area is 86.2 Å². The van der Waals surface area contributed by atoms with Gasteiger partial charge in [0.05, 0.1) is 6.54 Å². The van der Waals surface area contributed by atoms with E-state index >= 15 is 0 Å². The van der Waals surface area contributed by atoms with Crippen molar-refractivity contribution in [3.8, 4) is 11.8 Å². The van der Waals surface area contributed by atoms with E-state index in [0.717, 1.165) is 0 Å². The van der Waals surface area contributed by atoms with Gasteiger partial charge in [0.25, 0.3) is 0 Å². The summed E-state index contributed by atoms with van der Waals surface area (Å²) in [5.41, 5.74) is -0.449. The van der Waals surface area contributed by atoms with Crippen LogP contribution in [0.5, 0.6) is 0 Å². The summed E-state index contributed by atoms with van der Waals surface area (Å²) in [5.74, 6) is 6.11. The second kappa shape index (κ2) is 5.54. The summed E-state index contributed by atoms with van der Waals surface area (Å²) in [4.78, 5) is 11.1. The molecule has 3 nitrogen and oxygen atoms in total. The minimum atomic E-state index is -0.449. The van der Waals surface area contributed by atoms with Crippen LogP contribution in [-0.2, 0) is 4.74 Å². The highest BCUT2D eigenvalue weighted by Gasteiger charge is 2.14. The zero-order valence-corrected chi connectivity index (χ0v) is 9.60. The lowest BCUT2D eigenvalue weighted by Crippen LogP contribution is -2.32. The first kappa shape index (κ1) is 12.8. The molecule has 0 bridgehead atoms. The summed E-state index contributed by atoms with van der Waals surface area (Å²) >= 11 is 0. The highest BCUT2D eigenvalue weighted by Crippen LogP contribution is 2.05. The van der Waals surface area contributed by atoms with Crippen LogP contribution in [0, 0.1) is 17.8 Å². The summed E-state index contributed by atoms with van der Waals surface area (Å²) in [5, 5.41) is 2.56. The van der Waals surface area contributed by atoms with Crippen LogP contribution in [0.15, 0.2) is 0 Å². The van der Waals surface area contributed by atoms with E-state index in [4.69, 9.17) is 4.74 Å². The number of rotatable bonds is 1. The van der Waals surface area contributed by atoms with Crippen molar-refractivity contribution in [2.75, 3.05) is 6.54 Å². The van der Waals surface area contributed by atoms with Crippen molar-refractivity contribution in [3.63, 3.8) is 0 Å². The van der Waals surface area contributed by atoms with E-state index < -0.39 is 11.7 Å². The van der Waals surface area contributed by atoms with E-state index in [2.05, 4.69) is 17.2 Å². The van der Waals surface area contributed by atoms with Gasteiger partial charge in [-0.2, -0.15) is 0 Å². The lowest BCUT2D eigenvalue weighted by atomic mass is 10.2. The molecule has 0 saturated heterocycles. The molecule has 0 heterocycles. The van der Waals surface area contributed by atoms with Crippen LogP contribution in [0.1, 0.15) is 34.6 Å². The summed E-state index contributed by atoms with van der Waals surface area (Å²) in [6.07, 6.45) is -0.421. The molecule has 80 valence electrons. The van der Waals surface area contributed by atoms with E-state index in [-0.39, 0.29) is 0 Å². The van der Waals surface area contributed by atoms with Crippen molar-refractivity contribution in [1.82, 2.24) is 5.32 Å². The van der Waals surface area contributed by atoms with Gasteiger partial charge in [0, 0.05) is 5.92 Å². The van der Waals surface area contributed by atoms with Crippen molar-refractivity contribution in [1.29, 1.82) is 0 Å². The van der Waals surface area contributed by atoms with Crippen molar-refractivity contribution < 1.29 is 9.53 Å². The number of nitrogens with one attached hydrogen (secondary N) is 1. The van der Waals surface area contributed by atoms with Gasteiger partial charge in [0.1, 0.15) is 5.60 Å². The van der Waals surface area contributed by atoms with Gasteiger partial charge in [-0.15, -0.1) is 0 Å². The van der Waals surface area contributed by atoms with Gasteiger partial charge in [0.2, 0.25) is 0 Å². The van der Waals surface area contributed by atoms with E-state index in [9.17, 15) is 4.79 Å². The minimum absolute atomic E-state index is 0.329. The van der Waals surface area contributed by atoms with Gasteiger partial charge >= 0.3 is 6.09 Å². The van der Waals surface area contributed by atoms with Gasteiger partial charge in [-0.3, -0.25) is 0 Å². The number of ether oxygens (including phenoxy) is 1. The van der Waals surface area contributed by atoms with E-state index in [1.807, 2.05) is 34.6 Å². The maximum absolute atomic E-state index is 11.1. The molecule has 0 atom stereocenters. The van der Waals surface area contributed by atoms with Crippen LogP contribution in [0.3, 0.4) is 0 Å². The fourth-order valence-electron chi connectivity index (χ4n) is 0.686. The first-order chi connectivity index (χ1) is 6.31. The third-order valence-corrected chi connectivity index (χ3v) is 1.11. The number of carbonyl (C=O) groups is 1. The molecule has 0 fully saturated rings. The van der Waals surface area contributed by atoms with Crippen molar-refractivity contribution >= 4 is 6.09 Å². The average molecular weight is 197 g/mol. The quantitative estimate of drug-likeness (QED) is 0.654. The monoisotopic (exact) mass is 197 g/mol. The third kappa shape index (κ3) is 8.92. The normalized spacial score (nSPS) is 10.4. The van der Waals surface area contributed by atoms with Gasteiger partial charge in [-0.25, -0.2) is 4.79 Å². The Morgan fingerprint density at radius 1 is 1.43 bits per heavy atom. The Bertz CT molecular complexity index is 240. The molecule has 0 radical (unpaired) electrons. The Morgan fingerprint density at radius 3 is 2.43 bits per heavy atom. The summed E-state index contributed by atoms with van der Waals surface area (Å²) < 4.78 is 5.03. The molecule has 0 saturated carbocycles. The SMILES string of the molecule is CC(C)C#CCNC(=O)OC(C)(C)C. The maximum atomic E-state index is 11.1. The standard InChI is InChI=1S/C11H19NO2/c1-9(2)7-6-8-12-10(13)14-11(3,4)5/h9H,8H2,1-5H3,(H,12,13). The summed E-state index contributed by atoms with van der Waals surface area (Å²) in [6.45, 7) is 9.82. The van der Waals surface area contributed by atoms with Crippen molar-refractivity contribution in [2.24, 2.45) is 5.92 Å². The van der Waals surface area contributed by atoms with E-state index in [0.29, 0.717) is 12.5 Å². The van der Waals surface area contributed by atoms with Crippen LogP contribution in [0.2, 0.25) is 0 Å². The van der Waals surface area contributed by atoms with Gasteiger partial charge < -0.3 is 10.1 Å². The first-order valence-electron chi connectivity index (χ1n) is 4.76. The van der Waals surface area contributed by atoms with Crippen LogP contribution >= 0.6 is 0 Å². The number of hydrogen-bond acceptors (Lipinski definition) is 2. The Morgan fingerprint density at radius 2 is 2.00 bits per heavy atom. The Balaban J connectivity index is 3.73. The average Bonchev–Trinajstić information content (AvgIpc) is 1.94. The predicted octanol–water partition coefficient (Wildman–Crippen LogP) is 2.17. The molecule has 1 amide bonds. The largest absolute Gasteiger partial charge is 0.444 e. The minimum Gasteiger partial charge on any atom is -0.444 e. The highest BCUT2D eigenvalue weighted by atomic mass is 16.6. The first-order valence-corrected chi connectivity index (χ1v) is 4.76. The number of hydrogen-bond donors (Lipinski definition) is 1. The number of amides is 1. The molecule has 0 aliphatic carbocycles. The van der Waals surface area contributed by atoms with Crippen molar-refractivity contribution in [2.45, 2.75) is 40.2 Å². The van der Waals surface area contributed by atoms with E-state index in [1.54, 1.807) is 0 Å². The molecule has 0 rings (SSSR count). The summed E-state index contributed by atoms with van der Waals surface area (Å²) in [6, 6.07) is 0. The molecule has 0 aromatic rings. The molecular formula is C11H19NO2. The fraction of sp³-hybridized carbons (Fsp3) is 0.727. The van der Waals surface area contributed by atoms with Crippen molar-refractivity contribution in [3.05, 3.63) is 0 Å². The number of carbonyl (C=O) groups excluding carboxylic acids is 1. The molecule has 0 spiro atoms. The number of alkyl carbamates (subject to hydrolysis) is 1. The highest BCUT2D eigenvalue weighted by molar-refractivity contribution is 5.67. The predicted molar refractivity (Wildman–Crippen MR) is 56.9 cm³/mol. The van der Waals surface area contributed by atoms with Crippen LogP contribution < -0.4 is 5.32 Å². The molecule has 0 unspecified atom stereocenters. The molecule has 0 aliphatic heterocycles. The molecule has 0 aliphatic rings. The zero-order valence-electron chi connectivity index (χ0n) is 9.60. The second-order valence-electron chi connectivity index (χ2n) is 4.33. The lowest BCUT2D eigenvalue weighted by molar-refractivity contribution is 0.0535. The van der Waals surface area contributed by atoms with Crippen LogP contribution in [-0.4, -0.2) is 18.2 Å². The molecule has 14 heavy (non-hydrogen) atoms. The van der Waals surface area contributed by atoms with Gasteiger partial charge in [-0.1, -0.05) is 25.7 Å². The topological polar surface area (TPSA) is 38.3 Å².